The van der Waals surface area contributed by atoms with Gasteiger partial charge < -0.3 is 10.2 Å². The summed E-state index contributed by atoms with van der Waals surface area (Å²) in [5.41, 5.74) is -0.0919. The van der Waals surface area contributed by atoms with Gasteiger partial charge in [-0.2, -0.15) is 0 Å². The van der Waals surface area contributed by atoms with Gasteiger partial charge in [0.2, 0.25) is 0 Å². The predicted molar refractivity (Wildman–Crippen MR) is 66.5 cm³/mol. The summed E-state index contributed by atoms with van der Waals surface area (Å²) in [4.78, 5) is 21.2. The zero-order valence-electron chi connectivity index (χ0n) is 10.2. The number of rotatable bonds is 4. The van der Waals surface area contributed by atoms with Crippen LogP contribution in [-0.4, -0.2) is 22.2 Å². The third-order valence-electron chi connectivity index (χ3n) is 2.91. The molecule has 0 saturated carbocycles. The standard InChI is InChI=1S/C14H10F2O4/c15-13-7(5-11(17)18)1-3-9-10(13)4-2-8(14(9)16)6-12(19)20/h1-4H,5-6H2,(H,17,18)(H,19,20). The largest absolute Gasteiger partial charge is 0.481 e. The Bertz CT molecular complexity index is 649. The maximum Gasteiger partial charge on any atom is 0.307 e. The quantitative estimate of drug-likeness (QED) is 0.901. The summed E-state index contributed by atoms with van der Waals surface area (Å²) in [6, 6.07) is 4.91. The molecule has 0 fully saturated rings. The molecule has 0 spiro atoms. The number of hydrogen-bond donors (Lipinski definition) is 2. The molecule has 0 atom stereocenters. The molecule has 2 N–H and O–H groups in total. The molecule has 0 aliphatic heterocycles. The van der Waals surface area contributed by atoms with Crippen LogP contribution in [0.5, 0.6) is 0 Å². The monoisotopic (exact) mass is 280 g/mol. The van der Waals surface area contributed by atoms with E-state index in [-0.39, 0.29) is 21.9 Å². The van der Waals surface area contributed by atoms with Gasteiger partial charge in [0.1, 0.15) is 11.6 Å². The third kappa shape index (κ3) is 2.59. The van der Waals surface area contributed by atoms with Crippen LogP contribution in [-0.2, 0) is 22.4 Å². The van der Waals surface area contributed by atoms with E-state index in [1.54, 1.807) is 0 Å². The van der Waals surface area contributed by atoms with E-state index < -0.39 is 36.4 Å². The summed E-state index contributed by atoms with van der Waals surface area (Å²) in [7, 11) is 0. The van der Waals surface area contributed by atoms with Gasteiger partial charge in [0.25, 0.3) is 0 Å². The molecule has 20 heavy (non-hydrogen) atoms. The Morgan fingerprint density at radius 1 is 0.800 bits per heavy atom. The number of benzene rings is 2. The van der Waals surface area contributed by atoms with Crippen LogP contribution in [0, 0.1) is 11.6 Å². The van der Waals surface area contributed by atoms with Crippen LogP contribution in [0.2, 0.25) is 0 Å². The molecule has 0 aromatic heterocycles. The molecule has 2 rings (SSSR count). The Balaban J connectivity index is 2.58. The van der Waals surface area contributed by atoms with Crippen molar-refractivity contribution in [1.29, 1.82) is 0 Å². The van der Waals surface area contributed by atoms with Gasteiger partial charge in [0.15, 0.2) is 0 Å². The number of halogens is 2. The zero-order chi connectivity index (χ0) is 14.9. The average Bonchev–Trinajstić information content (AvgIpc) is 2.35. The highest BCUT2D eigenvalue weighted by molar-refractivity contribution is 5.87. The van der Waals surface area contributed by atoms with Gasteiger partial charge in [-0.05, 0) is 11.1 Å². The number of carboxylic acid groups (broad SMARTS) is 2. The summed E-state index contributed by atoms with van der Waals surface area (Å²) in [6.07, 6.45) is -0.999. The van der Waals surface area contributed by atoms with E-state index in [0.29, 0.717) is 0 Å². The minimum atomic E-state index is -1.19. The number of fused-ring (bicyclic) bond motifs is 1. The highest BCUT2D eigenvalue weighted by Crippen LogP contribution is 2.26. The number of carboxylic acids is 2. The molecule has 104 valence electrons. The summed E-state index contributed by atoms with van der Waals surface area (Å²) in [6.45, 7) is 0. The fraction of sp³-hybridized carbons (Fsp3) is 0.143. The first kappa shape index (κ1) is 13.9. The minimum absolute atomic E-state index is 0.0459. The van der Waals surface area contributed by atoms with Crippen molar-refractivity contribution in [1.82, 2.24) is 0 Å². The van der Waals surface area contributed by atoms with E-state index in [1.807, 2.05) is 0 Å². The summed E-state index contributed by atoms with van der Waals surface area (Å²) in [5.74, 6) is -3.98. The molecule has 0 aliphatic carbocycles. The Hall–Kier alpha value is -2.50. The lowest BCUT2D eigenvalue weighted by Crippen LogP contribution is -2.05. The van der Waals surface area contributed by atoms with E-state index in [1.165, 1.54) is 24.3 Å². The van der Waals surface area contributed by atoms with E-state index in [4.69, 9.17) is 10.2 Å². The van der Waals surface area contributed by atoms with Crippen LogP contribution in [0.25, 0.3) is 10.8 Å². The van der Waals surface area contributed by atoms with E-state index in [2.05, 4.69) is 0 Å². The molecule has 6 heteroatoms. The van der Waals surface area contributed by atoms with Gasteiger partial charge in [-0.3, -0.25) is 9.59 Å². The van der Waals surface area contributed by atoms with Crippen LogP contribution < -0.4 is 0 Å². The summed E-state index contributed by atoms with van der Waals surface area (Å²) >= 11 is 0. The SMILES string of the molecule is O=C(O)Cc1ccc2c(F)c(CC(=O)O)ccc2c1F. The fourth-order valence-corrected chi connectivity index (χ4v) is 2.02. The second-order valence-electron chi connectivity index (χ2n) is 4.31. The van der Waals surface area contributed by atoms with E-state index >= 15 is 0 Å². The smallest absolute Gasteiger partial charge is 0.307 e. The lowest BCUT2D eigenvalue weighted by atomic mass is 10.00. The molecule has 0 bridgehead atoms. The van der Waals surface area contributed by atoms with Crippen molar-refractivity contribution in [2.24, 2.45) is 0 Å². The van der Waals surface area contributed by atoms with Crippen molar-refractivity contribution in [3.05, 3.63) is 47.0 Å². The number of aliphatic carboxylic acids is 2. The van der Waals surface area contributed by atoms with Crippen LogP contribution in [0.15, 0.2) is 24.3 Å². The first-order chi connectivity index (χ1) is 9.40. The second-order valence-corrected chi connectivity index (χ2v) is 4.31. The molecule has 2 aromatic rings. The van der Waals surface area contributed by atoms with Crippen molar-refractivity contribution in [2.75, 3.05) is 0 Å². The van der Waals surface area contributed by atoms with Gasteiger partial charge in [-0.1, -0.05) is 24.3 Å². The van der Waals surface area contributed by atoms with Crippen molar-refractivity contribution in [2.45, 2.75) is 12.8 Å². The molecule has 0 radical (unpaired) electrons. The van der Waals surface area contributed by atoms with Crippen molar-refractivity contribution < 1.29 is 28.6 Å². The van der Waals surface area contributed by atoms with Gasteiger partial charge in [-0.15, -0.1) is 0 Å². The summed E-state index contributed by atoms with van der Waals surface area (Å²) in [5, 5.41) is 17.2. The molecule has 4 nitrogen and oxygen atoms in total. The second kappa shape index (κ2) is 5.24. The lowest BCUT2D eigenvalue weighted by Gasteiger charge is -2.08. The fourth-order valence-electron chi connectivity index (χ4n) is 2.02. The normalized spacial score (nSPS) is 10.7. The molecular formula is C14H10F2O4. The van der Waals surface area contributed by atoms with Gasteiger partial charge in [-0.25, -0.2) is 8.78 Å². The Labute approximate surface area is 112 Å². The topological polar surface area (TPSA) is 74.6 Å². The van der Waals surface area contributed by atoms with Gasteiger partial charge in [0.05, 0.1) is 12.8 Å². The number of carbonyl (C=O) groups is 2. The first-order valence-electron chi connectivity index (χ1n) is 5.72. The number of hydrogen-bond acceptors (Lipinski definition) is 2. The zero-order valence-corrected chi connectivity index (χ0v) is 10.2. The Kier molecular flexibility index (Phi) is 3.65. The molecule has 0 aliphatic rings. The van der Waals surface area contributed by atoms with Crippen LogP contribution in [0.1, 0.15) is 11.1 Å². The van der Waals surface area contributed by atoms with Gasteiger partial charge >= 0.3 is 11.9 Å². The van der Waals surface area contributed by atoms with Crippen molar-refractivity contribution in [3.63, 3.8) is 0 Å². The first-order valence-corrected chi connectivity index (χ1v) is 5.72. The Morgan fingerprint density at radius 3 is 1.45 bits per heavy atom. The van der Waals surface area contributed by atoms with E-state index in [0.717, 1.165) is 0 Å². The molecule has 0 heterocycles. The third-order valence-corrected chi connectivity index (χ3v) is 2.91. The highest BCUT2D eigenvalue weighted by Gasteiger charge is 2.15. The lowest BCUT2D eigenvalue weighted by molar-refractivity contribution is -0.137. The minimum Gasteiger partial charge on any atom is -0.481 e. The maximum absolute atomic E-state index is 14.1. The highest BCUT2D eigenvalue weighted by atomic mass is 19.1. The van der Waals surface area contributed by atoms with Crippen molar-refractivity contribution >= 4 is 22.7 Å². The maximum atomic E-state index is 14.1. The summed E-state index contributed by atoms with van der Waals surface area (Å²) < 4.78 is 28.1. The average molecular weight is 280 g/mol. The van der Waals surface area contributed by atoms with E-state index in [9.17, 15) is 18.4 Å². The van der Waals surface area contributed by atoms with Crippen LogP contribution in [0.4, 0.5) is 8.78 Å². The molecule has 0 saturated heterocycles. The van der Waals surface area contributed by atoms with Gasteiger partial charge in [0, 0.05) is 10.8 Å². The van der Waals surface area contributed by atoms with Crippen LogP contribution in [0.3, 0.4) is 0 Å². The molecule has 2 aromatic carbocycles. The van der Waals surface area contributed by atoms with Crippen LogP contribution >= 0.6 is 0 Å². The predicted octanol–water partition coefficient (Wildman–Crippen LogP) is 2.37. The molecule has 0 amide bonds. The van der Waals surface area contributed by atoms with Crippen molar-refractivity contribution in [3.8, 4) is 0 Å². The Morgan fingerprint density at radius 2 is 1.15 bits per heavy atom. The molecule has 0 unspecified atom stereocenters. The molecular weight excluding hydrogens is 270 g/mol.